The van der Waals surface area contributed by atoms with Crippen LogP contribution in [0.2, 0.25) is 0 Å². The molecule has 0 saturated heterocycles. The summed E-state index contributed by atoms with van der Waals surface area (Å²) in [5, 5.41) is 9.51. The van der Waals surface area contributed by atoms with E-state index in [0.717, 1.165) is 24.1 Å². The average Bonchev–Trinajstić information content (AvgIpc) is 3.38. The van der Waals surface area contributed by atoms with Gasteiger partial charge in [-0.15, -0.1) is 0 Å². The predicted octanol–water partition coefficient (Wildman–Crippen LogP) is 2.68. The van der Waals surface area contributed by atoms with Crippen molar-refractivity contribution in [3.63, 3.8) is 0 Å². The SMILES string of the molecule is COc1cc2c(=O)c(CCC(=O)O)c(C)n(C3CC3)c2cc1OC. The quantitative estimate of drug-likeness (QED) is 0.880. The molecule has 0 spiro atoms. The largest absolute Gasteiger partial charge is 0.493 e. The summed E-state index contributed by atoms with van der Waals surface area (Å²) in [5.74, 6) is 0.174. The first-order valence-electron chi connectivity index (χ1n) is 7.99. The zero-order valence-corrected chi connectivity index (χ0v) is 14.1. The lowest BCUT2D eigenvalue weighted by molar-refractivity contribution is -0.136. The topological polar surface area (TPSA) is 77.8 Å². The summed E-state index contributed by atoms with van der Waals surface area (Å²) < 4.78 is 12.8. The van der Waals surface area contributed by atoms with E-state index < -0.39 is 5.97 Å². The van der Waals surface area contributed by atoms with Gasteiger partial charge in [0.05, 0.1) is 19.7 Å². The molecule has 0 bridgehead atoms. The van der Waals surface area contributed by atoms with Crippen LogP contribution in [0.25, 0.3) is 10.9 Å². The molecule has 24 heavy (non-hydrogen) atoms. The summed E-state index contributed by atoms with van der Waals surface area (Å²) in [5.41, 5.74) is 2.12. The molecule has 0 radical (unpaired) electrons. The predicted molar refractivity (Wildman–Crippen MR) is 90.3 cm³/mol. The molecular weight excluding hydrogens is 310 g/mol. The number of carboxylic acid groups (broad SMARTS) is 1. The molecule has 6 nitrogen and oxygen atoms in total. The number of hydrogen-bond acceptors (Lipinski definition) is 4. The van der Waals surface area contributed by atoms with Crippen LogP contribution < -0.4 is 14.9 Å². The second-order valence-corrected chi connectivity index (χ2v) is 6.11. The van der Waals surface area contributed by atoms with Gasteiger partial charge in [-0.1, -0.05) is 0 Å². The van der Waals surface area contributed by atoms with Crippen molar-refractivity contribution in [2.75, 3.05) is 14.2 Å². The highest BCUT2D eigenvalue weighted by atomic mass is 16.5. The van der Waals surface area contributed by atoms with Gasteiger partial charge in [0.25, 0.3) is 0 Å². The molecule has 1 N–H and O–H groups in total. The number of carboxylic acids is 1. The zero-order valence-electron chi connectivity index (χ0n) is 14.1. The molecule has 0 amide bonds. The summed E-state index contributed by atoms with van der Waals surface area (Å²) in [7, 11) is 3.10. The molecule has 0 unspecified atom stereocenters. The van der Waals surface area contributed by atoms with Gasteiger partial charge in [0.15, 0.2) is 16.9 Å². The van der Waals surface area contributed by atoms with Crippen molar-refractivity contribution in [2.45, 2.75) is 38.6 Å². The standard InChI is InChI=1S/C18H21NO5/c1-10-12(6-7-17(20)21)18(22)13-8-15(23-2)16(24-3)9-14(13)19(10)11-4-5-11/h8-9,11H,4-7H2,1-3H3,(H,20,21). The number of aliphatic carboxylic acids is 1. The molecule has 0 aliphatic heterocycles. The third-order valence-corrected chi connectivity index (χ3v) is 4.58. The molecule has 6 heteroatoms. The van der Waals surface area contributed by atoms with E-state index in [-0.39, 0.29) is 18.3 Å². The highest BCUT2D eigenvalue weighted by Gasteiger charge is 2.28. The van der Waals surface area contributed by atoms with Crippen LogP contribution in [0.15, 0.2) is 16.9 Å². The van der Waals surface area contributed by atoms with E-state index in [1.807, 2.05) is 13.0 Å². The number of carbonyl (C=O) groups is 1. The van der Waals surface area contributed by atoms with E-state index in [2.05, 4.69) is 4.57 Å². The smallest absolute Gasteiger partial charge is 0.303 e. The number of nitrogens with zero attached hydrogens (tertiary/aromatic N) is 1. The zero-order chi connectivity index (χ0) is 17.4. The lowest BCUT2D eigenvalue weighted by atomic mass is 10.0. The molecule has 0 atom stereocenters. The summed E-state index contributed by atoms with van der Waals surface area (Å²) in [4.78, 5) is 23.9. The molecule has 1 fully saturated rings. The molecule has 128 valence electrons. The van der Waals surface area contributed by atoms with E-state index in [1.54, 1.807) is 13.2 Å². The lowest BCUT2D eigenvalue weighted by Gasteiger charge is -2.19. The first kappa shape index (κ1) is 16.4. The number of methoxy groups -OCH3 is 2. The summed E-state index contributed by atoms with van der Waals surface area (Å²) in [6.07, 6.45) is 2.30. The van der Waals surface area contributed by atoms with Crippen molar-refractivity contribution in [3.8, 4) is 11.5 Å². The van der Waals surface area contributed by atoms with Crippen LogP contribution in [0.5, 0.6) is 11.5 Å². The van der Waals surface area contributed by atoms with Gasteiger partial charge in [0, 0.05) is 35.2 Å². The third-order valence-electron chi connectivity index (χ3n) is 4.58. The van der Waals surface area contributed by atoms with E-state index in [4.69, 9.17) is 14.6 Å². The van der Waals surface area contributed by atoms with Crippen LogP contribution in [-0.4, -0.2) is 29.9 Å². The summed E-state index contributed by atoms with van der Waals surface area (Å²) in [6, 6.07) is 3.88. The number of rotatable bonds is 6. The number of hydrogen-bond donors (Lipinski definition) is 1. The maximum absolute atomic E-state index is 12.9. The fourth-order valence-corrected chi connectivity index (χ4v) is 3.23. The summed E-state index contributed by atoms with van der Waals surface area (Å²) >= 11 is 0. The van der Waals surface area contributed by atoms with E-state index in [1.165, 1.54) is 7.11 Å². The van der Waals surface area contributed by atoms with Gasteiger partial charge >= 0.3 is 5.97 Å². The molecule has 2 aromatic rings. The Hall–Kier alpha value is -2.50. The minimum Gasteiger partial charge on any atom is -0.493 e. The number of aromatic nitrogens is 1. The molecular formula is C18H21NO5. The molecule has 1 aliphatic carbocycles. The fraction of sp³-hybridized carbons (Fsp3) is 0.444. The normalized spacial score (nSPS) is 14.0. The van der Waals surface area contributed by atoms with E-state index in [9.17, 15) is 9.59 Å². The van der Waals surface area contributed by atoms with E-state index in [0.29, 0.717) is 28.5 Å². The molecule has 3 rings (SSSR count). The minimum atomic E-state index is -0.904. The first-order valence-corrected chi connectivity index (χ1v) is 7.99. The highest BCUT2D eigenvalue weighted by Crippen LogP contribution is 2.40. The van der Waals surface area contributed by atoms with Gasteiger partial charge in [0.1, 0.15) is 0 Å². The minimum absolute atomic E-state index is 0.0560. The van der Waals surface area contributed by atoms with Crippen LogP contribution in [-0.2, 0) is 11.2 Å². The average molecular weight is 331 g/mol. The van der Waals surface area contributed by atoms with Gasteiger partial charge in [-0.25, -0.2) is 0 Å². The van der Waals surface area contributed by atoms with E-state index >= 15 is 0 Å². The van der Waals surface area contributed by atoms with Gasteiger partial charge < -0.3 is 19.1 Å². The Morgan fingerprint density at radius 1 is 1.25 bits per heavy atom. The van der Waals surface area contributed by atoms with Gasteiger partial charge in [-0.3, -0.25) is 9.59 Å². The Bertz CT molecular complexity index is 864. The summed E-state index contributed by atoms with van der Waals surface area (Å²) in [6.45, 7) is 1.90. The third kappa shape index (κ3) is 2.72. The Kier molecular flexibility index (Phi) is 4.22. The van der Waals surface area contributed by atoms with Crippen LogP contribution in [0.4, 0.5) is 0 Å². The van der Waals surface area contributed by atoms with Crippen molar-refractivity contribution in [3.05, 3.63) is 33.6 Å². The van der Waals surface area contributed by atoms with Crippen LogP contribution in [0, 0.1) is 6.92 Å². The molecule has 1 aromatic carbocycles. The monoisotopic (exact) mass is 331 g/mol. The molecule has 1 aromatic heterocycles. The second-order valence-electron chi connectivity index (χ2n) is 6.11. The second kappa shape index (κ2) is 6.19. The van der Waals surface area contributed by atoms with Crippen molar-refractivity contribution >= 4 is 16.9 Å². The van der Waals surface area contributed by atoms with Crippen LogP contribution in [0.3, 0.4) is 0 Å². The number of fused-ring (bicyclic) bond motifs is 1. The van der Waals surface area contributed by atoms with Gasteiger partial charge in [0.2, 0.25) is 0 Å². The fourth-order valence-electron chi connectivity index (χ4n) is 3.23. The number of pyridine rings is 1. The van der Waals surface area contributed by atoms with Gasteiger partial charge in [-0.2, -0.15) is 0 Å². The van der Waals surface area contributed by atoms with Crippen molar-refractivity contribution in [2.24, 2.45) is 0 Å². The van der Waals surface area contributed by atoms with Crippen molar-refractivity contribution in [1.82, 2.24) is 4.57 Å². The lowest BCUT2D eigenvalue weighted by Crippen LogP contribution is -2.19. The van der Waals surface area contributed by atoms with Crippen molar-refractivity contribution < 1.29 is 19.4 Å². The molecule has 1 saturated carbocycles. The van der Waals surface area contributed by atoms with Crippen LogP contribution >= 0.6 is 0 Å². The highest BCUT2D eigenvalue weighted by molar-refractivity contribution is 5.84. The first-order chi connectivity index (χ1) is 11.5. The Morgan fingerprint density at radius 2 is 1.88 bits per heavy atom. The molecule has 1 heterocycles. The molecule has 1 aliphatic rings. The number of ether oxygens (including phenoxy) is 2. The Balaban J connectivity index is 2.30. The van der Waals surface area contributed by atoms with Crippen molar-refractivity contribution in [1.29, 1.82) is 0 Å². The maximum Gasteiger partial charge on any atom is 0.303 e. The Morgan fingerprint density at radius 3 is 2.42 bits per heavy atom. The maximum atomic E-state index is 12.9. The Labute approximate surface area is 139 Å². The van der Waals surface area contributed by atoms with Gasteiger partial charge in [-0.05, 0) is 32.3 Å². The van der Waals surface area contributed by atoms with Crippen LogP contribution in [0.1, 0.15) is 36.6 Å². The number of benzene rings is 1.